The molecule has 0 aliphatic heterocycles. The van der Waals surface area contributed by atoms with E-state index in [2.05, 4.69) is 78.9 Å². The predicted octanol–water partition coefficient (Wildman–Crippen LogP) is 9.42. The predicted molar refractivity (Wildman–Crippen MR) is 165 cm³/mol. The van der Waals surface area contributed by atoms with Crippen molar-refractivity contribution < 1.29 is 0 Å². The van der Waals surface area contributed by atoms with Gasteiger partial charge in [-0.3, -0.25) is 0 Å². The number of nitrogens with zero attached hydrogens (tertiary/aromatic N) is 3. The van der Waals surface area contributed by atoms with Crippen molar-refractivity contribution in [3.8, 4) is 33.9 Å². The van der Waals surface area contributed by atoms with E-state index in [4.69, 9.17) is 26.6 Å². The normalized spacial score (nSPS) is 17.6. The number of fused-ring (bicyclic) bond motifs is 4. The van der Waals surface area contributed by atoms with Gasteiger partial charge in [-0.2, -0.15) is 0 Å². The van der Waals surface area contributed by atoms with E-state index in [1.54, 1.807) is 0 Å². The molecule has 2 aliphatic carbocycles. The Labute approximate surface area is 237 Å². The highest BCUT2D eigenvalue weighted by Gasteiger charge is 2.41. The lowest BCUT2D eigenvalue weighted by atomic mass is 9.92. The van der Waals surface area contributed by atoms with Gasteiger partial charge in [-0.25, -0.2) is 15.0 Å². The van der Waals surface area contributed by atoms with Crippen molar-refractivity contribution in [1.82, 2.24) is 15.0 Å². The molecule has 1 aromatic heterocycles. The van der Waals surface area contributed by atoms with Crippen molar-refractivity contribution in [2.24, 2.45) is 11.8 Å². The number of halogens is 1. The minimum Gasteiger partial charge on any atom is -0.209 e. The van der Waals surface area contributed by atoms with Crippen molar-refractivity contribution in [1.29, 1.82) is 0 Å². The van der Waals surface area contributed by atoms with Gasteiger partial charge in [0.2, 0.25) is 0 Å². The van der Waals surface area contributed by atoms with E-state index in [0.29, 0.717) is 28.5 Å². The Kier molecular flexibility index (Phi) is 5.39. The Balaban J connectivity index is 1.33. The van der Waals surface area contributed by atoms with Gasteiger partial charge in [-0.15, -0.1) is 0 Å². The van der Waals surface area contributed by atoms with Crippen LogP contribution < -0.4 is 0 Å². The molecule has 190 valence electrons. The number of hydrogen-bond acceptors (Lipinski definition) is 3. The van der Waals surface area contributed by atoms with Gasteiger partial charge in [0.15, 0.2) is 17.5 Å². The zero-order valence-corrected chi connectivity index (χ0v) is 22.4. The molecule has 1 saturated carbocycles. The summed E-state index contributed by atoms with van der Waals surface area (Å²) in [6, 6.07) is 35.6. The molecule has 2 atom stereocenters. The second-order valence-electron chi connectivity index (χ2n) is 10.6. The number of aromatic nitrogens is 3. The van der Waals surface area contributed by atoms with Gasteiger partial charge in [0.1, 0.15) is 0 Å². The summed E-state index contributed by atoms with van der Waals surface area (Å²) in [6.45, 7) is 0. The molecule has 3 nitrogen and oxygen atoms in total. The molecule has 0 N–H and O–H groups in total. The van der Waals surface area contributed by atoms with Crippen LogP contribution in [0.25, 0.3) is 61.0 Å². The molecule has 5 aromatic carbocycles. The summed E-state index contributed by atoms with van der Waals surface area (Å²) in [4.78, 5) is 15.0. The van der Waals surface area contributed by atoms with Crippen molar-refractivity contribution in [2.75, 3.05) is 0 Å². The molecule has 6 aromatic rings. The molecule has 0 spiro atoms. The Morgan fingerprint density at radius 1 is 0.600 bits per heavy atom. The van der Waals surface area contributed by atoms with Crippen LogP contribution in [0, 0.1) is 11.8 Å². The summed E-state index contributed by atoms with van der Waals surface area (Å²) in [5.74, 6) is 3.14. The van der Waals surface area contributed by atoms with E-state index < -0.39 is 0 Å². The zero-order valence-electron chi connectivity index (χ0n) is 21.6. The standard InChI is InChI=1S/C36H24ClN3/c37-27-18-25(33-20-23-11-4-5-13-28(23)29-14-6-7-15-30(29)33)17-26(19-27)35-38-34(22-9-2-1-3-10-22)39-36(40-35)31-16-8-12-24-21-32(24)31/h1-20,24,32H,21H2. The maximum Gasteiger partial charge on any atom is 0.164 e. The zero-order chi connectivity index (χ0) is 26.6. The molecule has 0 radical (unpaired) electrons. The molecule has 1 fully saturated rings. The fourth-order valence-electron chi connectivity index (χ4n) is 5.97. The first kappa shape index (κ1) is 23.3. The highest BCUT2D eigenvalue weighted by atomic mass is 35.5. The quantitative estimate of drug-likeness (QED) is 0.212. The van der Waals surface area contributed by atoms with Gasteiger partial charge >= 0.3 is 0 Å². The maximum atomic E-state index is 6.80. The van der Waals surface area contributed by atoms with Crippen molar-refractivity contribution >= 4 is 38.7 Å². The first-order valence-electron chi connectivity index (χ1n) is 13.6. The SMILES string of the molecule is Clc1cc(-c2nc(C3=CC=CC4CC34)nc(-c3ccccc3)n2)cc(-c2cc3ccccc3c3ccccc23)c1. The molecule has 1 heterocycles. The molecule has 8 rings (SSSR count). The molecule has 4 heteroatoms. The third kappa shape index (κ3) is 4.02. The second kappa shape index (κ2) is 9.25. The molecule has 2 aliphatic rings. The largest absolute Gasteiger partial charge is 0.209 e. The lowest BCUT2D eigenvalue weighted by molar-refractivity contribution is 0.949. The van der Waals surface area contributed by atoms with Crippen LogP contribution in [0.1, 0.15) is 12.2 Å². The van der Waals surface area contributed by atoms with E-state index in [1.807, 2.05) is 42.5 Å². The van der Waals surface area contributed by atoms with Crippen LogP contribution in [0.3, 0.4) is 0 Å². The monoisotopic (exact) mass is 533 g/mol. The second-order valence-corrected chi connectivity index (χ2v) is 11.0. The molecule has 0 amide bonds. The average Bonchev–Trinajstić information content (AvgIpc) is 3.81. The van der Waals surface area contributed by atoms with Crippen LogP contribution >= 0.6 is 11.6 Å². The third-order valence-corrected chi connectivity index (χ3v) is 8.25. The van der Waals surface area contributed by atoms with Gasteiger partial charge < -0.3 is 0 Å². The van der Waals surface area contributed by atoms with Gasteiger partial charge in [-0.05, 0) is 75.2 Å². The highest BCUT2D eigenvalue weighted by Crippen LogP contribution is 2.50. The van der Waals surface area contributed by atoms with Crippen LogP contribution in [-0.4, -0.2) is 15.0 Å². The third-order valence-electron chi connectivity index (χ3n) is 8.03. The van der Waals surface area contributed by atoms with Crippen molar-refractivity contribution in [2.45, 2.75) is 6.42 Å². The van der Waals surface area contributed by atoms with Gasteiger partial charge in [0.05, 0.1) is 0 Å². The molecular formula is C36H24ClN3. The Bertz CT molecular complexity index is 2010. The van der Waals surface area contributed by atoms with Gasteiger partial charge in [0.25, 0.3) is 0 Å². The number of allylic oxidation sites excluding steroid dienone is 4. The smallest absolute Gasteiger partial charge is 0.164 e. The molecule has 2 unspecified atom stereocenters. The number of benzene rings is 5. The summed E-state index contributed by atoms with van der Waals surface area (Å²) in [5, 5.41) is 5.50. The fraction of sp³-hybridized carbons (Fsp3) is 0.0833. The summed E-state index contributed by atoms with van der Waals surface area (Å²) in [6.07, 6.45) is 7.73. The van der Waals surface area contributed by atoms with Crippen LogP contribution in [-0.2, 0) is 0 Å². The fourth-order valence-corrected chi connectivity index (χ4v) is 6.20. The van der Waals surface area contributed by atoms with Crippen LogP contribution in [0.5, 0.6) is 0 Å². The average molecular weight is 534 g/mol. The van der Waals surface area contributed by atoms with E-state index in [1.165, 1.54) is 27.1 Å². The highest BCUT2D eigenvalue weighted by molar-refractivity contribution is 6.31. The van der Waals surface area contributed by atoms with Crippen molar-refractivity contribution in [3.05, 3.63) is 132 Å². The summed E-state index contributed by atoms with van der Waals surface area (Å²) >= 11 is 6.80. The van der Waals surface area contributed by atoms with Crippen LogP contribution in [0.15, 0.2) is 121 Å². The molecule has 0 bridgehead atoms. The van der Waals surface area contributed by atoms with Crippen LogP contribution in [0.4, 0.5) is 0 Å². The van der Waals surface area contributed by atoms with Gasteiger partial charge in [-0.1, -0.05) is 109 Å². The molecular weight excluding hydrogens is 510 g/mol. The minimum absolute atomic E-state index is 0.489. The van der Waals surface area contributed by atoms with Crippen LogP contribution in [0.2, 0.25) is 5.02 Å². The lowest BCUT2D eigenvalue weighted by Gasteiger charge is -2.14. The number of rotatable bonds is 4. The van der Waals surface area contributed by atoms with Crippen molar-refractivity contribution in [3.63, 3.8) is 0 Å². The first-order chi connectivity index (χ1) is 19.7. The van der Waals surface area contributed by atoms with E-state index in [0.717, 1.165) is 34.5 Å². The topological polar surface area (TPSA) is 38.7 Å². The van der Waals surface area contributed by atoms with E-state index in [-0.39, 0.29) is 0 Å². The molecule has 40 heavy (non-hydrogen) atoms. The van der Waals surface area contributed by atoms with E-state index >= 15 is 0 Å². The maximum absolute atomic E-state index is 6.80. The Morgan fingerprint density at radius 3 is 2.12 bits per heavy atom. The Hall–Kier alpha value is -4.60. The summed E-state index contributed by atoms with van der Waals surface area (Å²) in [5.41, 5.74) is 5.21. The Morgan fingerprint density at radius 2 is 1.27 bits per heavy atom. The minimum atomic E-state index is 0.489. The first-order valence-corrected chi connectivity index (χ1v) is 14.0. The summed E-state index contributed by atoms with van der Waals surface area (Å²) in [7, 11) is 0. The van der Waals surface area contributed by atoms with E-state index in [9.17, 15) is 0 Å². The van der Waals surface area contributed by atoms with Gasteiger partial charge in [0, 0.05) is 21.7 Å². The molecule has 0 saturated heterocycles. The summed E-state index contributed by atoms with van der Waals surface area (Å²) < 4.78 is 0. The lowest BCUT2D eigenvalue weighted by Crippen LogP contribution is -2.05. The number of hydrogen-bond donors (Lipinski definition) is 0.